The van der Waals surface area contributed by atoms with Crippen molar-refractivity contribution in [2.75, 3.05) is 19.6 Å². The molecular weight excluding hydrogens is 296 g/mol. The Morgan fingerprint density at radius 2 is 2.30 bits per heavy atom. The highest BCUT2D eigenvalue weighted by Gasteiger charge is 2.26. The van der Waals surface area contributed by atoms with Crippen LogP contribution in [0.1, 0.15) is 18.4 Å². The van der Waals surface area contributed by atoms with Gasteiger partial charge in [0.1, 0.15) is 0 Å². The average Bonchev–Trinajstić information content (AvgIpc) is 2.95. The summed E-state index contributed by atoms with van der Waals surface area (Å²) >= 11 is 0. The Balaban J connectivity index is 1.57. The van der Waals surface area contributed by atoms with E-state index >= 15 is 0 Å². The molecule has 8 heteroatoms. The number of likely N-dealkylation sites (tertiary alicyclic amines) is 1. The van der Waals surface area contributed by atoms with Crippen LogP contribution in [0.25, 0.3) is 5.65 Å². The summed E-state index contributed by atoms with van der Waals surface area (Å²) in [6.45, 7) is 1.99. The van der Waals surface area contributed by atoms with Crippen LogP contribution in [0.3, 0.4) is 0 Å². The second-order valence-electron chi connectivity index (χ2n) is 5.82. The molecule has 1 aliphatic heterocycles. The van der Waals surface area contributed by atoms with Gasteiger partial charge in [0.05, 0.1) is 18.7 Å². The number of nitrogens with two attached hydrogens (primary N) is 1. The van der Waals surface area contributed by atoms with Gasteiger partial charge in [-0.2, -0.15) is 5.10 Å². The van der Waals surface area contributed by atoms with Crippen molar-refractivity contribution in [1.29, 1.82) is 0 Å². The molecule has 122 valence electrons. The predicted octanol–water partition coefficient (Wildman–Crippen LogP) is -0.457. The summed E-state index contributed by atoms with van der Waals surface area (Å²) in [5.41, 5.74) is 6.84. The summed E-state index contributed by atoms with van der Waals surface area (Å²) in [5, 5.41) is 7.14. The van der Waals surface area contributed by atoms with Crippen LogP contribution in [-0.4, -0.2) is 50.9 Å². The van der Waals surface area contributed by atoms with Crippen LogP contribution >= 0.6 is 0 Å². The van der Waals surface area contributed by atoms with Crippen molar-refractivity contribution in [2.45, 2.75) is 19.4 Å². The molecule has 0 aliphatic carbocycles. The molecule has 0 unspecified atom stereocenters. The number of carbonyl (C=O) groups is 2. The lowest BCUT2D eigenvalue weighted by atomic mass is 9.97. The standard InChI is InChI=1S/C15H20N6O2/c16-13(22)10-20-5-1-3-11(9-20)15(23)18-7-12-8-19-21-6-2-4-17-14(12)21/h2,4,6,8,11H,1,3,5,7,9-10H2,(H2,16,22)(H,18,23)/t11-/m0/s1. The Bertz CT molecular complexity index is 713. The molecule has 0 radical (unpaired) electrons. The van der Waals surface area contributed by atoms with Crippen molar-refractivity contribution in [1.82, 2.24) is 24.8 Å². The molecule has 3 heterocycles. The van der Waals surface area contributed by atoms with Gasteiger partial charge < -0.3 is 11.1 Å². The molecule has 0 spiro atoms. The van der Waals surface area contributed by atoms with E-state index in [1.54, 1.807) is 23.0 Å². The van der Waals surface area contributed by atoms with Gasteiger partial charge in [-0.15, -0.1) is 0 Å². The fourth-order valence-corrected chi connectivity index (χ4v) is 2.96. The van der Waals surface area contributed by atoms with E-state index in [0.29, 0.717) is 13.1 Å². The minimum atomic E-state index is -0.358. The number of hydrogen-bond acceptors (Lipinski definition) is 5. The van der Waals surface area contributed by atoms with E-state index in [9.17, 15) is 9.59 Å². The smallest absolute Gasteiger partial charge is 0.231 e. The first-order chi connectivity index (χ1) is 11.1. The molecule has 8 nitrogen and oxygen atoms in total. The molecule has 0 bridgehead atoms. The third-order valence-corrected chi connectivity index (χ3v) is 4.06. The van der Waals surface area contributed by atoms with Crippen molar-refractivity contribution >= 4 is 17.5 Å². The lowest BCUT2D eigenvalue weighted by Gasteiger charge is -2.30. The van der Waals surface area contributed by atoms with Crippen LogP contribution in [0.5, 0.6) is 0 Å². The fraction of sp³-hybridized carbons (Fsp3) is 0.467. The number of rotatable bonds is 5. The summed E-state index contributed by atoms with van der Waals surface area (Å²) in [4.78, 5) is 29.6. The molecule has 3 rings (SSSR count). The molecule has 2 amide bonds. The van der Waals surface area contributed by atoms with Gasteiger partial charge in [0.25, 0.3) is 0 Å². The highest BCUT2D eigenvalue weighted by molar-refractivity contribution is 5.79. The second-order valence-corrected chi connectivity index (χ2v) is 5.82. The van der Waals surface area contributed by atoms with Crippen molar-refractivity contribution in [3.63, 3.8) is 0 Å². The normalized spacial score (nSPS) is 18.9. The molecule has 0 saturated carbocycles. The first-order valence-electron chi connectivity index (χ1n) is 7.69. The van der Waals surface area contributed by atoms with E-state index < -0.39 is 0 Å². The number of hydrogen-bond donors (Lipinski definition) is 2. The van der Waals surface area contributed by atoms with Crippen LogP contribution in [-0.2, 0) is 16.1 Å². The Hall–Kier alpha value is -2.48. The van der Waals surface area contributed by atoms with Gasteiger partial charge in [-0.25, -0.2) is 9.50 Å². The Morgan fingerprint density at radius 1 is 1.43 bits per heavy atom. The van der Waals surface area contributed by atoms with E-state index in [2.05, 4.69) is 15.4 Å². The highest BCUT2D eigenvalue weighted by Crippen LogP contribution is 2.16. The maximum absolute atomic E-state index is 12.4. The Kier molecular flexibility index (Phi) is 4.52. The van der Waals surface area contributed by atoms with E-state index in [-0.39, 0.29) is 24.3 Å². The first-order valence-corrected chi connectivity index (χ1v) is 7.69. The summed E-state index contributed by atoms with van der Waals surface area (Å²) < 4.78 is 1.68. The zero-order valence-electron chi connectivity index (χ0n) is 12.8. The molecule has 2 aromatic heterocycles. The van der Waals surface area contributed by atoms with Gasteiger partial charge >= 0.3 is 0 Å². The quantitative estimate of drug-likeness (QED) is 0.777. The second kappa shape index (κ2) is 6.74. The summed E-state index contributed by atoms with van der Waals surface area (Å²) in [5.74, 6) is -0.476. The number of nitrogens with one attached hydrogen (secondary N) is 1. The lowest BCUT2D eigenvalue weighted by Crippen LogP contribution is -2.45. The SMILES string of the molecule is NC(=O)CN1CCC[C@H](C(=O)NCc2cnn3cccnc23)C1. The van der Waals surface area contributed by atoms with E-state index in [4.69, 9.17) is 5.73 Å². The van der Waals surface area contributed by atoms with Crippen molar-refractivity contribution in [3.05, 3.63) is 30.2 Å². The van der Waals surface area contributed by atoms with Crippen LogP contribution in [0.2, 0.25) is 0 Å². The highest BCUT2D eigenvalue weighted by atomic mass is 16.2. The van der Waals surface area contributed by atoms with Gasteiger partial charge in [-0.3, -0.25) is 14.5 Å². The van der Waals surface area contributed by atoms with Crippen molar-refractivity contribution in [3.8, 4) is 0 Å². The van der Waals surface area contributed by atoms with Gasteiger partial charge in [-0.1, -0.05) is 0 Å². The average molecular weight is 316 g/mol. The largest absolute Gasteiger partial charge is 0.369 e. The van der Waals surface area contributed by atoms with Gasteiger partial charge in [0.2, 0.25) is 11.8 Å². The molecule has 0 aromatic carbocycles. The van der Waals surface area contributed by atoms with Crippen LogP contribution < -0.4 is 11.1 Å². The van der Waals surface area contributed by atoms with Gasteiger partial charge in [0.15, 0.2) is 5.65 Å². The number of primary amides is 1. The third kappa shape index (κ3) is 3.65. The predicted molar refractivity (Wildman–Crippen MR) is 83.2 cm³/mol. The zero-order valence-corrected chi connectivity index (χ0v) is 12.8. The zero-order chi connectivity index (χ0) is 16.2. The molecular formula is C15H20N6O2. The number of nitrogens with zero attached hydrogens (tertiary/aromatic N) is 4. The molecule has 1 aliphatic rings. The molecule has 1 fully saturated rings. The minimum absolute atomic E-state index is 0.00514. The molecule has 2 aromatic rings. The van der Waals surface area contributed by atoms with Crippen molar-refractivity contribution in [2.24, 2.45) is 11.7 Å². The number of piperidine rings is 1. The topological polar surface area (TPSA) is 106 Å². The molecule has 23 heavy (non-hydrogen) atoms. The van der Waals surface area contributed by atoms with Crippen LogP contribution in [0.15, 0.2) is 24.7 Å². The number of fused-ring (bicyclic) bond motifs is 1. The lowest BCUT2D eigenvalue weighted by molar-refractivity contribution is -0.128. The fourth-order valence-electron chi connectivity index (χ4n) is 2.96. The first kappa shape index (κ1) is 15.4. The van der Waals surface area contributed by atoms with Gasteiger partial charge in [0, 0.05) is 31.0 Å². The maximum atomic E-state index is 12.4. The summed E-state index contributed by atoms with van der Waals surface area (Å²) in [6.07, 6.45) is 6.95. The molecule has 1 saturated heterocycles. The van der Waals surface area contributed by atoms with E-state index in [1.165, 1.54) is 0 Å². The van der Waals surface area contributed by atoms with Gasteiger partial charge in [-0.05, 0) is 25.5 Å². The number of aromatic nitrogens is 3. The molecule has 1 atom stereocenters. The van der Waals surface area contributed by atoms with E-state index in [1.807, 2.05) is 11.1 Å². The maximum Gasteiger partial charge on any atom is 0.231 e. The summed E-state index contributed by atoms with van der Waals surface area (Å²) in [6, 6.07) is 1.80. The van der Waals surface area contributed by atoms with Crippen molar-refractivity contribution < 1.29 is 9.59 Å². The Labute approximate surface area is 133 Å². The minimum Gasteiger partial charge on any atom is -0.369 e. The third-order valence-electron chi connectivity index (χ3n) is 4.06. The monoisotopic (exact) mass is 316 g/mol. The summed E-state index contributed by atoms with van der Waals surface area (Å²) in [7, 11) is 0. The molecule has 3 N–H and O–H groups in total. The number of carbonyl (C=O) groups excluding carboxylic acids is 2. The van der Waals surface area contributed by atoms with Crippen LogP contribution in [0.4, 0.5) is 0 Å². The van der Waals surface area contributed by atoms with E-state index in [0.717, 1.165) is 30.6 Å². The number of amides is 2. The van der Waals surface area contributed by atoms with Crippen LogP contribution in [0, 0.1) is 5.92 Å². The Morgan fingerprint density at radius 3 is 3.13 bits per heavy atom.